The lowest BCUT2D eigenvalue weighted by molar-refractivity contribution is -0.120. The van der Waals surface area contributed by atoms with Crippen molar-refractivity contribution >= 4 is 29.2 Å². The fourth-order valence-electron chi connectivity index (χ4n) is 3.24. The number of carbonyl (C=O) groups is 4. The number of rotatable bonds is 6. The Labute approximate surface area is 174 Å². The highest BCUT2D eigenvalue weighted by Gasteiger charge is 2.33. The lowest BCUT2D eigenvalue weighted by Crippen LogP contribution is -2.35. The largest absolute Gasteiger partial charge is 0.326 e. The van der Waals surface area contributed by atoms with E-state index in [1.807, 2.05) is 24.3 Å². The van der Waals surface area contributed by atoms with Crippen LogP contribution in [0, 0.1) is 0 Å². The molecule has 0 spiro atoms. The molecule has 0 unspecified atom stereocenters. The van der Waals surface area contributed by atoms with Crippen LogP contribution in [0.1, 0.15) is 29.8 Å². The van der Waals surface area contributed by atoms with Crippen molar-refractivity contribution in [2.45, 2.75) is 20.4 Å². The SMILES string of the molecule is C=C(NC(=O)C(=C)N1Cc2c(cccc2-c2ccccc2NC(C)=O)C1=O)C(C)=O. The first kappa shape index (κ1) is 20.7. The molecule has 7 heteroatoms. The fourth-order valence-corrected chi connectivity index (χ4v) is 3.24. The molecule has 152 valence electrons. The highest BCUT2D eigenvalue weighted by atomic mass is 16.2. The molecule has 2 aromatic rings. The second kappa shape index (κ2) is 8.16. The molecular weight excluding hydrogens is 382 g/mol. The summed E-state index contributed by atoms with van der Waals surface area (Å²) in [7, 11) is 0. The number of hydrogen-bond acceptors (Lipinski definition) is 4. The average molecular weight is 403 g/mol. The van der Waals surface area contributed by atoms with Gasteiger partial charge in [-0.1, -0.05) is 43.5 Å². The van der Waals surface area contributed by atoms with Gasteiger partial charge in [-0.3, -0.25) is 24.1 Å². The number of Topliss-reactive ketones (excluding diaryl/α,β-unsaturated/α-hetero) is 1. The normalized spacial score (nSPS) is 12.2. The first-order valence-corrected chi connectivity index (χ1v) is 9.21. The van der Waals surface area contributed by atoms with Crippen LogP contribution in [0.2, 0.25) is 0 Å². The molecule has 0 fully saturated rings. The molecule has 0 bridgehead atoms. The van der Waals surface area contributed by atoms with Gasteiger partial charge in [-0.05, 0) is 23.3 Å². The van der Waals surface area contributed by atoms with E-state index in [1.165, 1.54) is 18.7 Å². The van der Waals surface area contributed by atoms with Crippen LogP contribution >= 0.6 is 0 Å². The molecule has 2 aromatic carbocycles. The molecule has 0 atom stereocenters. The van der Waals surface area contributed by atoms with Gasteiger partial charge in [-0.2, -0.15) is 0 Å². The van der Waals surface area contributed by atoms with Crippen LogP contribution in [0.4, 0.5) is 5.69 Å². The summed E-state index contributed by atoms with van der Waals surface area (Å²) in [5.74, 6) is -1.62. The predicted molar refractivity (Wildman–Crippen MR) is 113 cm³/mol. The number of carbonyl (C=O) groups excluding carboxylic acids is 4. The molecule has 7 nitrogen and oxygen atoms in total. The molecule has 30 heavy (non-hydrogen) atoms. The Morgan fingerprint density at radius 1 is 0.933 bits per heavy atom. The zero-order chi connectivity index (χ0) is 22.0. The maximum Gasteiger partial charge on any atom is 0.271 e. The van der Waals surface area contributed by atoms with Crippen LogP contribution in [-0.2, 0) is 20.9 Å². The standard InChI is InChI=1S/C23H21N3O4/c1-13(15(3)27)24-22(29)14(2)26-12-20-17(9-7-10-19(20)23(26)30)18-8-5-6-11-21(18)25-16(4)28/h5-11H,1-2,12H2,3-4H3,(H,24,29)(H,25,28). The minimum absolute atomic E-state index is 0.0739. The second-order valence-corrected chi connectivity index (χ2v) is 6.89. The van der Waals surface area contributed by atoms with Gasteiger partial charge in [0.25, 0.3) is 11.8 Å². The fraction of sp³-hybridized carbons (Fsp3) is 0.130. The molecule has 0 aromatic heterocycles. The molecule has 3 amide bonds. The molecule has 0 aliphatic carbocycles. The number of anilines is 1. The van der Waals surface area contributed by atoms with Gasteiger partial charge in [0.2, 0.25) is 5.91 Å². The van der Waals surface area contributed by atoms with E-state index in [0.717, 1.165) is 16.7 Å². The number of nitrogens with one attached hydrogen (secondary N) is 2. The summed E-state index contributed by atoms with van der Waals surface area (Å²) >= 11 is 0. The van der Waals surface area contributed by atoms with Crippen molar-refractivity contribution in [1.29, 1.82) is 0 Å². The zero-order valence-corrected chi connectivity index (χ0v) is 16.7. The van der Waals surface area contributed by atoms with Crippen molar-refractivity contribution in [3.8, 4) is 11.1 Å². The third-order valence-corrected chi connectivity index (χ3v) is 4.77. The van der Waals surface area contributed by atoms with E-state index < -0.39 is 5.91 Å². The van der Waals surface area contributed by atoms with Crippen molar-refractivity contribution < 1.29 is 19.2 Å². The number of allylic oxidation sites excluding steroid dienone is 1. The summed E-state index contributed by atoms with van der Waals surface area (Å²) in [5.41, 5.74) is 3.17. The number of benzene rings is 2. The van der Waals surface area contributed by atoms with Crippen LogP contribution < -0.4 is 10.6 Å². The average Bonchev–Trinajstić information content (AvgIpc) is 3.04. The van der Waals surface area contributed by atoms with Crippen molar-refractivity contribution in [2.75, 3.05) is 5.32 Å². The van der Waals surface area contributed by atoms with E-state index in [-0.39, 0.29) is 35.5 Å². The number of hydrogen-bond donors (Lipinski definition) is 2. The third kappa shape index (κ3) is 3.91. The minimum atomic E-state index is -0.670. The van der Waals surface area contributed by atoms with Crippen LogP contribution in [0.15, 0.2) is 67.0 Å². The van der Waals surface area contributed by atoms with Crippen LogP contribution in [0.3, 0.4) is 0 Å². The second-order valence-electron chi connectivity index (χ2n) is 6.89. The van der Waals surface area contributed by atoms with E-state index in [2.05, 4.69) is 23.8 Å². The first-order chi connectivity index (χ1) is 14.2. The van der Waals surface area contributed by atoms with Crippen molar-refractivity contribution in [3.05, 3.63) is 78.1 Å². The predicted octanol–water partition coefficient (Wildman–Crippen LogP) is 3.00. The number of para-hydroxylation sites is 1. The van der Waals surface area contributed by atoms with Crippen molar-refractivity contribution in [1.82, 2.24) is 10.2 Å². The quantitative estimate of drug-likeness (QED) is 0.725. The molecule has 0 radical (unpaired) electrons. The number of amides is 3. The Morgan fingerprint density at radius 3 is 2.23 bits per heavy atom. The lowest BCUT2D eigenvalue weighted by Gasteiger charge is -2.18. The summed E-state index contributed by atoms with van der Waals surface area (Å²) < 4.78 is 0. The van der Waals surface area contributed by atoms with Gasteiger partial charge in [0, 0.05) is 30.7 Å². The van der Waals surface area contributed by atoms with Crippen molar-refractivity contribution in [2.24, 2.45) is 0 Å². The molecule has 1 aliphatic rings. The van der Waals surface area contributed by atoms with E-state index in [9.17, 15) is 19.2 Å². The van der Waals surface area contributed by atoms with Gasteiger partial charge in [-0.15, -0.1) is 0 Å². The van der Waals surface area contributed by atoms with Gasteiger partial charge < -0.3 is 10.6 Å². The Balaban J connectivity index is 1.95. The molecule has 0 saturated heterocycles. The van der Waals surface area contributed by atoms with Crippen LogP contribution in [0.25, 0.3) is 11.1 Å². The van der Waals surface area contributed by atoms with Gasteiger partial charge in [0.15, 0.2) is 5.78 Å². The highest BCUT2D eigenvalue weighted by molar-refractivity contribution is 6.08. The Bertz CT molecular complexity index is 1120. The van der Waals surface area contributed by atoms with E-state index >= 15 is 0 Å². The minimum Gasteiger partial charge on any atom is -0.326 e. The van der Waals surface area contributed by atoms with Gasteiger partial charge >= 0.3 is 0 Å². The number of nitrogens with zero attached hydrogens (tertiary/aromatic N) is 1. The van der Waals surface area contributed by atoms with Crippen molar-refractivity contribution in [3.63, 3.8) is 0 Å². The van der Waals surface area contributed by atoms with E-state index in [4.69, 9.17) is 0 Å². The maximum absolute atomic E-state index is 12.9. The number of fused-ring (bicyclic) bond motifs is 1. The topological polar surface area (TPSA) is 95.6 Å². The number of ketones is 1. The molecule has 2 N–H and O–H groups in total. The maximum atomic E-state index is 12.9. The zero-order valence-electron chi connectivity index (χ0n) is 16.7. The molecule has 0 saturated carbocycles. The highest BCUT2D eigenvalue weighted by Crippen LogP contribution is 2.37. The lowest BCUT2D eigenvalue weighted by atomic mass is 9.95. The molecular formula is C23H21N3O4. The monoisotopic (exact) mass is 403 g/mol. The summed E-state index contributed by atoms with van der Waals surface area (Å²) in [5, 5.41) is 5.15. The molecule has 3 rings (SSSR count). The smallest absolute Gasteiger partial charge is 0.271 e. The molecule has 1 aliphatic heterocycles. The van der Waals surface area contributed by atoms with Gasteiger partial charge in [0.05, 0.1) is 12.2 Å². The summed E-state index contributed by atoms with van der Waals surface area (Å²) in [6, 6.07) is 12.6. The van der Waals surface area contributed by atoms with E-state index in [1.54, 1.807) is 18.2 Å². The van der Waals surface area contributed by atoms with Crippen LogP contribution in [-0.4, -0.2) is 28.4 Å². The molecule has 1 heterocycles. The summed E-state index contributed by atoms with van der Waals surface area (Å²) in [6.45, 7) is 10.1. The first-order valence-electron chi connectivity index (χ1n) is 9.21. The summed E-state index contributed by atoms with van der Waals surface area (Å²) in [4.78, 5) is 49.5. The summed E-state index contributed by atoms with van der Waals surface area (Å²) in [6.07, 6.45) is 0. The van der Waals surface area contributed by atoms with Gasteiger partial charge in [0.1, 0.15) is 5.70 Å². The van der Waals surface area contributed by atoms with Crippen LogP contribution in [0.5, 0.6) is 0 Å². The van der Waals surface area contributed by atoms with E-state index in [0.29, 0.717) is 11.3 Å². The Morgan fingerprint density at radius 2 is 1.57 bits per heavy atom. The Kier molecular flexibility index (Phi) is 5.64. The third-order valence-electron chi connectivity index (χ3n) is 4.77. The van der Waals surface area contributed by atoms with Gasteiger partial charge in [-0.25, -0.2) is 0 Å². The Hall–Kier alpha value is -4.00.